The number of rotatable bonds is 3. The molecule has 0 saturated carbocycles. The van der Waals surface area contributed by atoms with Crippen LogP contribution in [0.15, 0.2) is 76.1 Å². The van der Waals surface area contributed by atoms with Crippen molar-refractivity contribution in [2.24, 2.45) is 0 Å². The third-order valence-corrected chi connectivity index (χ3v) is 6.02. The Hall–Kier alpha value is -2.11. The van der Waals surface area contributed by atoms with Crippen molar-refractivity contribution in [1.82, 2.24) is 0 Å². The Morgan fingerprint density at radius 1 is 0.833 bits per heavy atom. The van der Waals surface area contributed by atoms with Crippen LogP contribution in [0.3, 0.4) is 0 Å². The molecular weight excluding hydrogens is 386 g/mol. The molecule has 120 valence electrons. The molecule has 3 nitrogen and oxygen atoms in total. The van der Waals surface area contributed by atoms with Crippen molar-refractivity contribution in [3.8, 4) is 11.1 Å². The van der Waals surface area contributed by atoms with Gasteiger partial charge in [-0.15, -0.1) is 0 Å². The lowest BCUT2D eigenvalue weighted by Crippen LogP contribution is -2.13. The molecule has 0 fully saturated rings. The number of halogens is 1. The largest absolute Gasteiger partial charge is 0.280 e. The minimum atomic E-state index is -3.61. The van der Waals surface area contributed by atoms with E-state index in [1.165, 1.54) is 11.1 Å². The molecule has 1 N–H and O–H groups in total. The SMILES string of the molecule is O=S(=O)(Nc1cccc(Br)c1)c1ccc2c(c1)Cc1ccccc1-2. The van der Waals surface area contributed by atoms with E-state index in [2.05, 4.69) is 32.8 Å². The summed E-state index contributed by atoms with van der Waals surface area (Å²) in [4.78, 5) is 0.286. The van der Waals surface area contributed by atoms with Gasteiger partial charge in [-0.05, 0) is 59.0 Å². The summed E-state index contributed by atoms with van der Waals surface area (Å²) >= 11 is 3.35. The van der Waals surface area contributed by atoms with Crippen LogP contribution in [-0.4, -0.2) is 8.42 Å². The summed E-state index contributed by atoms with van der Waals surface area (Å²) < 4.78 is 28.8. The summed E-state index contributed by atoms with van der Waals surface area (Å²) in [5.41, 5.74) is 5.13. The van der Waals surface area contributed by atoms with Crippen molar-refractivity contribution in [2.45, 2.75) is 11.3 Å². The average molecular weight is 400 g/mol. The van der Waals surface area contributed by atoms with Crippen LogP contribution in [0.2, 0.25) is 0 Å². The van der Waals surface area contributed by atoms with Gasteiger partial charge in [0.2, 0.25) is 0 Å². The van der Waals surface area contributed by atoms with E-state index in [4.69, 9.17) is 0 Å². The van der Waals surface area contributed by atoms with E-state index < -0.39 is 10.0 Å². The fraction of sp³-hybridized carbons (Fsp3) is 0.0526. The molecule has 3 aromatic rings. The molecule has 4 rings (SSSR count). The summed E-state index contributed by atoms with van der Waals surface area (Å²) in [6, 6.07) is 20.6. The van der Waals surface area contributed by atoms with Crippen molar-refractivity contribution < 1.29 is 8.42 Å². The molecule has 0 saturated heterocycles. The molecule has 0 spiro atoms. The highest BCUT2D eigenvalue weighted by Gasteiger charge is 2.21. The Morgan fingerprint density at radius 2 is 1.62 bits per heavy atom. The van der Waals surface area contributed by atoms with Gasteiger partial charge in [0.15, 0.2) is 0 Å². The van der Waals surface area contributed by atoms with Gasteiger partial charge in [0.25, 0.3) is 10.0 Å². The molecule has 0 heterocycles. The molecule has 0 amide bonds. The summed E-state index contributed by atoms with van der Waals surface area (Å²) in [7, 11) is -3.61. The van der Waals surface area contributed by atoms with Gasteiger partial charge in [-0.2, -0.15) is 0 Å². The maximum absolute atomic E-state index is 12.7. The van der Waals surface area contributed by atoms with Crippen LogP contribution in [0.1, 0.15) is 11.1 Å². The van der Waals surface area contributed by atoms with E-state index in [1.807, 2.05) is 24.3 Å². The summed E-state index contributed by atoms with van der Waals surface area (Å²) in [5, 5.41) is 0. The predicted octanol–water partition coefficient (Wildman–Crippen LogP) is 4.82. The maximum atomic E-state index is 12.7. The normalized spacial score (nSPS) is 12.5. The number of hydrogen-bond donors (Lipinski definition) is 1. The molecule has 24 heavy (non-hydrogen) atoms. The quantitative estimate of drug-likeness (QED) is 0.536. The number of sulfonamides is 1. The third kappa shape index (κ3) is 2.74. The van der Waals surface area contributed by atoms with E-state index >= 15 is 0 Å². The molecule has 3 aromatic carbocycles. The molecule has 0 radical (unpaired) electrons. The van der Waals surface area contributed by atoms with E-state index in [1.54, 1.807) is 30.3 Å². The summed E-state index contributed by atoms with van der Waals surface area (Å²) in [6.07, 6.45) is 0.770. The second-order valence-corrected chi connectivity index (χ2v) is 8.37. The maximum Gasteiger partial charge on any atom is 0.261 e. The highest BCUT2D eigenvalue weighted by Crippen LogP contribution is 2.37. The second-order valence-electron chi connectivity index (χ2n) is 5.77. The monoisotopic (exact) mass is 399 g/mol. The molecular formula is C19H14BrNO2S. The van der Waals surface area contributed by atoms with Crippen LogP contribution in [0.4, 0.5) is 5.69 Å². The Labute approximate surface area is 149 Å². The lowest BCUT2D eigenvalue weighted by Gasteiger charge is -2.10. The first kappa shape index (κ1) is 15.4. The van der Waals surface area contributed by atoms with Crippen LogP contribution in [-0.2, 0) is 16.4 Å². The standard InChI is InChI=1S/C19H14BrNO2S/c20-15-5-3-6-16(12-15)21-24(22,23)17-8-9-19-14(11-17)10-13-4-1-2-7-18(13)19/h1-9,11-12,21H,10H2. The summed E-state index contributed by atoms with van der Waals surface area (Å²) in [6.45, 7) is 0. The zero-order valence-corrected chi connectivity index (χ0v) is 15.1. The zero-order valence-electron chi connectivity index (χ0n) is 12.7. The molecule has 0 aromatic heterocycles. The highest BCUT2D eigenvalue weighted by molar-refractivity contribution is 9.10. The average Bonchev–Trinajstić information content (AvgIpc) is 2.92. The highest BCUT2D eigenvalue weighted by atomic mass is 79.9. The van der Waals surface area contributed by atoms with Crippen molar-refractivity contribution >= 4 is 31.6 Å². The van der Waals surface area contributed by atoms with Gasteiger partial charge >= 0.3 is 0 Å². The number of nitrogens with one attached hydrogen (secondary N) is 1. The molecule has 5 heteroatoms. The smallest absolute Gasteiger partial charge is 0.261 e. The van der Waals surface area contributed by atoms with Crippen LogP contribution < -0.4 is 4.72 Å². The number of hydrogen-bond acceptors (Lipinski definition) is 2. The second kappa shape index (κ2) is 5.76. The lowest BCUT2D eigenvalue weighted by molar-refractivity contribution is 0.601. The Morgan fingerprint density at radius 3 is 2.46 bits per heavy atom. The van der Waals surface area contributed by atoms with Gasteiger partial charge in [-0.25, -0.2) is 8.42 Å². The molecule has 0 bridgehead atoms. The van der Waals surface area contributed by atoms with Gasteiger partial charge in [-0.1, -0.05) is 52.3 Å². The first-order valence-electron chi connectivity index (χ1n) is 7.52. The van der Waals surface area contributed by atoms with Crippen molar-refractivity contribution in [3.05, 3.63) is 82.3 Å². The Bertz CT molecular complexity index is 1040. The molecule has 0 aliphatic heterocycles. The Balaban J connectivity index is 1.69. The van der Waals surface area contributed by atoms with Gasteiger partial charge in [-0.3, -0.25) is 4.72 Å². The van der Waals surface area contributed by atoms with Crippen molar-refractivity contribution in [3.63, 3.8) is 0 Å². The topological polar surface area (TPSA) is 46.2 Å². The number of fused-ring (bicyclic) bond motifs is 3. The summed E-state index contributed by atoms with van der Waals surface area (Å²) in [5.74, 6) is 0. The molecule has 1 aliphatic rings. The van der Waals surface area contributed by atoms with Crippen LogP contribution in [0.25, 0.3) is 11.1 Å². The fourth-order valence-electron chi connectivity index (χ4n) is 3.05. The van der Waals surface area contributed by atoms with Crippen LogP contribution in [0.5, 0.6) is 0 Å². The first-order chi connectivity index (χ1) is 11.5. The number of benzene rings is 3. The fourth-order valence-corrected chi connectivity index (χ4v) is 4.55. The predicted molar refractivity (Wildman–Crippen MR) is 99.6 cm³/mol. The van der Waals surface area contributed by atoms with Crippen LogP contribution >= 0.6 is 15.9 Å². The minimum Gasteiger partial charge on any atom is -0.280 e. The molecule has 0 unspecified atom stereocenters. The number of anilines is 1. The minimum absolute atomic E-state index is 0.286. The van der Waals surface area contributed by atoms with Crippen molar-refractivity contribution in [1.29, 1.82) is 0 Å². The van der Waals surface area contributed by atoms with Gasteiger partial charge in [0, 0.05) is 10.2 Å². The van der Waals surface area contributed by atoms with E-state index in [-0.39, 0.29) is 4.90 Å². The van der Waals surface area contributed by atoms with E-state index in [0.29, 0.717) is 5.69 Å². The molecule has 1 aliphatic carbocycles. The zero-order chi connectivity index (χ0) is 16.7. The van der Waals surface area contributed by atoms with E-state index in [0.717, 1.165) is 22.0 Å². The molecule has 0 atom stereocenters. The lowest BCUT2D eigenvalue weighted by atomic mass is 10.1. The van der Waals surface area contributed by atoms with Crippen LogP contribution in [0, 0.1) is 0 Å². The van der Waals surface area contributed by atoms with Gasteiger partial charge in [0.05, 0.1) is 4.90 Å². The first-order valence-corrected chi connectivity index (χ1v) is 9.80. The Kier molecular flexibility index (Phi) is 3.70. The third-order valence-electron chi connectivity index (χ3n) is 4.15. The van der Waals surface area contributed by atoms with Gasteiger partial charge in [0.1, 0.15) is 0 Å². The van der Waals surface area contributed by atoms with Gasteiger partial charge < -0.3 is 0 Å². The van der Waals surface area contributed by atoms with E-state index in [9.17, 15) is 8.42 Å². The van der Waals surface area contributed by atoms with Crippen molar-refractivity contribution in [2.75, 3.05) is 4.72 Å².